The van der Waals surface area contributed by atoms with E-state index in [9.17, 15) is 8.42 Å². The van der Waals surface area contributed by atoms with E-state index in [-0.39, 0.29) is 4.90 Å². The minimum absolute atomic E-state index is 0.266. The average molecular weight is 292 g/mol. The molecular formula is C14H16N2O3S. The molecule has 0 atom stereocenters. The molecule has 0 bridgehead atoms. The van der Waals surface area contributed by atoms with Gasteiger partial charge in [-0.2, -0.15) is 0 Å². The van der Waals surface area contributed by atoms with Crippen molar-refractivity contribution in [2.24, 2.45) is 0 Å². The molecule has 0 saturated heterocycles. The second-order valence-electron chi connectivity index (χ2n) is 4.38. The van der Waals surface area contributed by atoms with E-state index >= 15 is 0 Å². The zero-order valence-electron chi connectivity index (χ0n) is 11.3. The highest BCUT2D eigenvalue weighted by molar-refractivity contribution is 7.90. The van der Waals surface area contributed by atoms with Crippen molar-refractivity contribution >= 4 is 9.84 Å². The molecule has 2 rings (SSSR count). The number of hydrogen-bond donors (Lipinski definition) is 1. The third kappa shape index (κ3) is 3.79. The molecule has 0 aliphatic carbocycles. The highest BCUT2D eigenvalue weighted by Gasteiger charge is 2.07. The van der Waals surface area contributed by atoms with Gasteiger partial charge in [0, 0.05) is 25.1 Å². The Morgan fingerprint density at radius 1 is 1.15 bits per heavy atom. The largest absolute Gasteiger partial charge is 0.439 e. The number of hydrogen-bond acceptors (Lipinski definition) is 5. The van der Waals surface area contributed by atoms with Gasteiger partial charge in [0.25, 0.3) is 0 Å². The van der Waals surface area contributed by atoms with Crippen molar-refractivity contribution in [1.82, 2.24) is 10.3 Å². The monoisotopic (exact) mass is 292 g/mol. The maximum Gasteiger partial charge on any atom is 0.219 e. The van der Waals surface area contributed by atoms with E-state index in [4.69, 9.17) is 4.74 Å². The summed E-state index contributed by atoms with van der Waals surface area (Å²) in [4.78, 5) is 4.45. The number of nitrogens with zero attached hydrogens (tertiary/aromatic N) is 1. The SMILES string of the molecule is CNCc1ccc(Oc2ccc(S(C)(=O)=O)cc2)nc1. The van der Waals surface area contributed by atoms with Crippen LogP contribution in [0, 0.1) is 0 Å². The van der Waals surface area contributed by atoms with E-state index in [1.54, 1.807) is 24.4 Å². The molecule has 106 valence electrons. The standard InChI is InChI=1S/C14H16N2O3S/c1-15-9-11-3-8-14(16-10-11)19-12-4-6-13(7-5-12)20(2,17)18/h3-8,10,15H,9H2,1-2H3. The van der Waals surface area contributed by atoms with E-state index in [0.717, 1.165) is 12.1 Å². The smallest absolute Gasteiger partial charge is 0.219 e. The first-order valence-corrected chi connectivity index (χ1v) is 7.96. The van der Waals surface area contributed by atoms with Gasteiger partial charge in [-0.3, -0.25) is 0 Å². The molecule has 0 radical (unpaired) electrons. The van der Waals surface area contributed by atoms with E-state index in [1.165, 1.54) is 18.4 Å². The Bertz CT molecular complexity index is 665. The van der Waals surface area contributed by atoms with Crippen molar-refractivity contribution in [1.29, 1.82) is 0 Å². The van der Waals surface area contributed by atoms with Crippen LogP contribution >= 0.6 is 0 Å². The first kappa shape index (κ1) is 14.5. The molecule has 20 heavy (non-hydrogen) atoms. The molecule has 1 heterocycles. The minimum Gasteiger partial charge on any atom is -0.439 e. The fraction of sp³-hybridized carbons (Fsp3) is 0.214. The normalized spacial score (nSPS) is 11.3. The first-order valence-electron chi connectivity index (χ1n) is 6.06. The predicted octanol–water partition coefficient (Wildman–Crippen LogP) is 2.00. The first-order chi connectivity index (χ1) is 9.49. The highest BCUT2D eigenvalue weighted by atomic mass is 32.2. The quantitative estimate of drug-likeness (QED) is 0.913. The molecule has 2 aromatic rings. The van der Waals surface area contributed by atoms with Crippen LogP contribution in [0.2, 0.25) is 0 Å². The number of nitrogens with one attached hydrogen (secondary N) is 1. The Balaban J connectivity index is 2.10. The number of pyridine rings is 1. The molecule has 0 aliphatic rings. The summed E-state index contributed by atoms with van der Waals surface area (Å²) >= 11 is 0. The van der Waals surface area contributed by atoms with E-state index < -0.39 is 9.84 Å². The number of benzene rings is 1. The van der Waals surface area contributed by atoms with Gasteiger partial charge in [-0.05, 0) is 36.9 Å². The van der Waals surface area contributed by atoms with Gasteiger partial charge >= 0.3 is 0 Å². The molecule has 1 aromatic heterocycles. The van der Waals surface area contributed by atoms with Crippen LogP contribution in [-0.4, -0.2) is 26.7 Å². The van der Waals surface area contributed by atoms with Gasteiger partial charge in [-0.15, -0.1) is 0 Å². The Morgan fingerprint density at radius 3 is 2.35 bits per heavy atom. The van der Waals surface area contributed by atoms with Gasteiger partial charge in [0.1, 0.15) is 5.75 Å². The van der Waals surface area contributed by atoms with Crippen molar-refractivity contribution < 1.29 is 13.2 Å². The summed E-state index contributed by atoms with van der Waals surface area (Å²) in [5.74, 6) is 1.02. The lowest BCUT2D eigenvalue weighted by atomic mass is 10.3. The van der Waals surface area contributed by atoms with E-state index in [0.29, 0.717) is 11.6 Å². The molecule has 5 nitrogen and oxygen atoms in total. The van der Waals surface area contributed by atoms with Gasteiger partial charge in [0.2, 0.25) is 5.88 Å². The van der Waals surface area contributed by atoms with Crippen molar-refractivity contribution in [3.63, 3.8) is 0 Å². The minimum atomic E-state index is -3.18. The maximum atomic E-state index is 11.3. The Morgan fingerprint density at radius 2 is 1.85 bits per heavy atom. The lowest BCUT2D eigenvalue weighted by molar-refractivity contribution is 0.462. The van der Waals surface area contributed by atoms with Gasteiger partial charge in [0.05, 0.1) is 4.90 Å². The summed E-state index contributed by atoms with van der Waals surface area (Å²) < 4.78 is 28.2. The lowest BCUT2D eigenvalue weighted by Crippen LogP contribution is -2.05. The lowest BCUT2D eigenvalue weighted by Gasteiger charge is -2.06. The zero-order chi connectivity index (χ0) is 14.6. The Kier molecular flexibility index (Phi) is 4.36. The second-order valence-corrected chi connectivity index (χ2v) is 6.40. The molecule has 0 aliphatic heterocycles. The summed E-state index contributed by atoms with van der Waals surface area (Å²) in [6.07, 6.45) is 2.90. The van der Waals surface area contributed by atoms with Gasteiger partial charge in [-0.1, -0.05) is 6.07 Å². The highest BCUT2D eigenvalue weighted by Crippen LogP contribution is 2.21. The third-order valence-corrected chi connectivity index (χ3v) is 3.78. The van der Waals surface area contributed by atoms with Crippen molar-refractivity contribution in [2.75, 3.05) is 13.3 Å². The molecule has 0 saturated carbocycles. The van der Waals surface area contributed by atoms with Crippen LogP contribution in [0.5, 0.6) is 11.6 Å². The third-order valence-electron chi connectivity index (χ3n) is 2.65. The van der Waals surface area contributed by atoms with E-state index in [2.05, 4.69) is 10.3 Å². The number of ether oxygens (including phenoxy) is 1. The van der Waals surface area contributed by atoms with Crippen molar-refractivity contribution in [2.45, 2.75) is 11.4 Å². The Hall–Kier alpha value is -1.92. The molecular weight excluding hydrogens is 276 g/mol. The van der Waals surface area contributed by atoms with Crippen molar-refractivity contribution in [3.8, 4) is 11.6 Å². The summed E-state index contributed by atoms with van der Waals surface area (Å²) in [6, 6.07) is 9.94. The molecule has 6 heteroatoms. The Labute approximate surface area is 118 Å². The molecule has 0 amide bonds. The molecule has 0 unspecified atom stereocenters. The maximum absolute atomic E-state index is 11.3. The van der Waals surface area contributed by atoms with Gasteiger partial charge < -0.3 is 10.1 Å². The summed E-state index contributed by atoms with van der Waals surface area (Å²) in [6.45, 7) is 0.746. The average Bonchev–Trinajstić information content (AvgIpc) is 2.41. The number of rotatable bonds is 5. The van der Waals surface area contributed by atoms with Crippen LogP contribution in [-0.2, 0) is 16.4 Å². The van der Waals surface area contributed by atoms with Crippen LogP contribution < -0.4 is 10.1 Å². The van der Waals surface area contributed by atoms with Gasteiger partial charge in [-0.25, -0.2) is 13.4 Å². The van der Waals surface area contributed by atoms with Crippen LogP contribution in [0.25, 0.3) is 0 Å². The van der Waals surface area contributed by atoms with Crippen LogP contribution in [0.4, 0.5) is 0 Å². The van der Waals surface area contributed by atoms with Gasteiger partial charge in [0.15, 0.2) is 9.84 Å². The van der Waals surface area contributed by atoms with Crippen LogP contribution in [0.3, 0.4) is 0 Å². The molecule has 0 spiro atoms. The molecule has 1 N–H and O–H groups in total. The summed E-state index contributed by atoms with van der Waals surface area (Å²) in [7, 11) is -1.31. The number of sulfone groups is 1. The number of aromatic nitrogens is 1. The summed E-state index contributed by atoms with van der Waals surface area (Å²) in [5, 5.41) is 3.04. The molecule has 0 fully saturated rings. The van der Waals surface area contributed by atoms with E-state index in [1.807, 2.05) is 13.1 Å². The predicted molar refractivity (Wildman–Crippen MR) is 76.6 cm³/mol. The fourth-order valence-corrected chi connectivity index (χ4v) is 2.29. The van der Waals surface area contributed by atoms with Crippen molar-refractivity contribution in [3.05, 3.63) is 48.2 Å². The zero-order valence-corrected chi connectivity index (χ0v) is 12.1. The van der Waals surface area contributed by atoms with Crippen LogP contribution in [0.1, 0.15) is 5.56 Å². The van der Waals surface area contributed by atoms with Crippen LogP contribution in [0.15, 0.2) is 47.5 Å². The fourth-order valence-electron chi connectivity index (χ4n) is 1.66. The second kappa shape index (κ2) is 6.02. The topological polar surface area (TPSA) is 68.3 Å². The molecule has 1 aromatic carbocycles. The summed E-state index contributed by atoms with van der Waals surface area (Å²) in [5.41, 5.74) is 1.06.